The first-order valence-electron chi connectivity index (χ1n) is 29.7. The summed E-state index contributed by atoms with van der Waals surface area (Å²) in [5.41, 5.74) is 16.0. The van der Waals surface area contributed by atoms with Gasteiger partial charge in [0.05, 0.1) is 22.1 Å². The van der Waals surface area contributed by atoms with E-state index in [1.165, 1.54) is 115 Å². The molecule has 4 aromatic heterocycles. The summed E-state index contributed by atoms with van der Waals surface area (Å²) < 4.78 is 6.48. The van der Waals surface area contributed by atoms with Gasteiger partial charge in [0.2, 0.25) is 0 Å². The zero-order chi connectivity index (χ0) is 60.2. The molecule has 0 radical (unpaired) electrons. The summed E-state index contributed by atoms with van der Waals surface area (Å²) in [4.78, 5) is 18.5. The molecular weight excluding hydrogens is 1250 g/mol. The minimum atomic E-state index is -1.46. The monoisotopic (exact) mass is 1300 g/mol. The van der Waals surface area contributed by atoms with E-state index in [2.05, 4.69) is 275 Å². The van der Waals surface area contributed by atoms with Crippen molar-refractivity contribution in [2.75, 3.05) is 0 Å². The number of aromatic nitrogens is 4. The van der Waals surface area contributed by atoms with E-state index >= 15 is 0 Å². The molecule has 0 unspecified atom stereocenters. The van der Waals surface area contributed by atoms with E-state index in [1.807, 2.05) is 40.9 Å². The lowest BCUT2D eigenvalue weighted by molar-refractivity contribution is 0.426. The molecule has 0 atom stereocenters. The van der Waals surface area contributed by atoms with Crippen LogP contribution in [0.1, 0.15) is 0 Å². The second-order valence-corrected chi connectivity index (χ2v) is 25.7. The number of halogens is 1. The van der Waals surface area contributed by atoms with E-state index in [9.17, 15) is 10.0 Å². The average Bonchev–Trinajstić information content (AvgIpc) is 1.14. The van der Waals surface area contributed by atoms with Gasteiger partial charge in [-0.3, -0.25) is 19.9 Å². The molecule has 4 heterocycles. The number of hydrogen-bond acceptors (Lipinski definition) is 8. The van der Waals surface area contributed by atoms with Crippen molar-refractivity contribution in [3.63, 3.8) is 0 Å². The van der Waals surface area contributed by atoms with Gasteiger partial charge in [0.1, 0.15) is 0 Å². The van der Waals surface area contributed by atoms with Crippen LogP contribution < -0.4 is 5.46 Å². The third-order valence-corrected chi connectivity index (χ3v) is 20.2. The Kier molecular flexibility index (Phi) is 14.4. The SMILES string of the molecule is Ic1ccc2c3ccccc3c3nccnc3c2c1.OB(O)c1cccc(-c2cccc(-c3cccc4c3sc3ccccc34)c2)c1.c1cc(-c2cccc(-c3cccc4c3sc3ccccc34)c2)cc(-c2ccc3c4ccccc4c4nccnc4c3c2)c1. The molecule has 0 aliphatic rings. The molecule has 0 aliphatic heterocycles. The maximum atomic E-state index is 9.47. The lowest BCUT2D eigenvalue weighted by Gasteiger charge is -2.12. The standard InChI is InChI=1S/C40H24N2S.C24H17BO2S.C16H9IN2/c1-2-14-34-31(12-1)32-19-18-28(24-36(32)39-38(34)41-20-21-42-39)26-9-5-8-25(22-26)27-10-6-11-29(23-27)30-15-7-16-35-33-13-3-4-17-37(33)43-40(30)35;26-25(27)19-9-4-7-17(15-19)16-6-3-8-18(14-16)20-11-5-12-22-21-10-1-2-13-23(21)28-24(20)22;17-10-5-6-12-11-3-1-2-4-13(11)15-16(14(12)9-10)19-8-7-18-15/h1-24H;1-15,26-27H;1-9H. The summed E-state index contributed by atoms with van der Waals surface area (Å²) in [6.45, 7) is 0. The smallest absolute Gasteiger partial charge is 0.423 e. The minimum absolute atomic E-state index is 0.495. The Balaban J connectivity index is 0.000000118. The molecule has 18 aromatic rings. The third kappa shape index (κ3) is 10.1. The topological polar surface area (TPSA) is 92.0 Å². The summed E-state index contributed by atoms with van der Waals surface area (Å²) >= 11 is 6.04. The number of nitrogens with zero attached hydrogens (tertiary/aromatic N) is 4. The highest BCUT2D eigenvalue weighted by Gasteiger charge is 2.17. The molecule has 0 bridgehead atoms. The zero-order valence-electron chi connectivity index (χ0n) is 48.2. The molecule has 0 saturated heterocycles. The van der Waals surface area contributed by atoms with Crippen molar-refractivity contribution >= 4 is 163 Å². The van der Waals surface area contributed by atoms with Gasteiger partial charge < -0.3 is 10.0 Å². The number of fused-ring (bicyclic) bond motifs is 18. The summed E-state index contributed by atoms with van der Waals surface area (Å²) in [6, 6.07) is 94.1. The summed E-state index contributed by atoms with van der Waals surface area (Å²) in [6.07, 6.45) is 7.09. The molecule has 90 heavy (non-hydrogen) atoms. The molecule has 14 aromatic carbocycles. The van der Waals surface area contributed by atoms with Crippen LogP contribution in [0.2, 0.25) is 0 Å². The van der Waals surface area contributed by atoms with Crippen molar-refractivity contribution in [3.05, 3.63) is 295 Å². The van der Waals surface area contributed by atoms with Crippen LogP contribution in [-0.2, 0) is 0 Å². The fourth-order valence-corrected chi connectivity index (χ4v) is 15.8. The molecule has 0 fully saturated rings. The predicted molar refractivity (Wildman–Crippen MR) is 391 cm³/mol. The number of hydrogen-bond donors (Lipinski definition) is 2. The summed E-state index contributed by atoms with van der Waals surface area (Å²) in [7, 11) is -1.46. The highest BCUT2D eigenvalue weighted by molar-refractivity contribution is 14.1. The zero-order valence-corrected chi connectivity index (χ0v) is 52.0. The van der Waals surface area contributed by atoms with Crippen LogP contribution in [0, 0.1) is 3.57 Å². The highest BCUT2D eigenvalue weighted by atomic mass is 127. The lowest BCUT2D eigenvalue weighted by Crippen LogP contribution is -2.29. The molecule has 0 spiro atoms. The molecule has 10 heteroatoms. The number of rotatable bonds is 6. The normalized spacial score (nSPS) is 11.5. The van der Waals surface area contributed by atoms with Crippen molar-refractivity contribution in [2.45, 2.75) is 0 Å². The molecule has 0 saturated carbocycles. The summed E-state index contributed by atoms with van der Waals surface area (Å²) in [5.74, 6) is 0. The Morgan fingerprint density at radius 2 is 0.611 bits per heavy atom. The molecule has 424 valence electrons. The van der Waals surface area contributed by atoms with E-state index in [1.54, 1.807) is 30.9 Å². The van der Waals surface area contributed by atoms with Crippen molar-refractivity contribution < 1.29 is 10.0 Å². The molecule has 2 N–H and O–H groups in total. The van der Waals surface area contributed by atoms with Gasteiger partial charge in [0.15, 0.2) is 0 Å². The predicted octanol–water partition coefficient (Wildman–Crippen LogP) is 20.9. The molecule has 0 amide bonds. The van der Waals surface area contributed by atoms with E-state index in [4.69, 9.17) is 9.97 Å². The van der Waals surface area contributed by atoms with Gasteiger partial charge in [-0.25, -0.2) is 0 Å². The van der Waals surface area contributed by atoms with Crippen LogP contribution >= 0.6 is 45.3 Å². The molecule has 0 aliphatic carbocycles. The highest BCUT2D eigenvalue weighted by Crippen LogP contribution is 2.44. The third-order valence-electron chi connectivity index (χ3n) is 17.1. The Hall–Kier alpha value is -10.0. The fraction of sp³-hybridized carbons (Fsp3) is 0. The van der Waals surface area contributed by atoms with Gasteiger partial charge in [0.25, 0.3) is 0 Å². The quantitative estimate of drug-likeness (QED) is 0.0979. The number of thiophene rings is 2. The van der Waals surface area contributed by atoms with Crippen LogP contribution in [0.25, 0.3) is 161 Å². The van der Waals surface area contributed by atoms with E-state index < -0.39 is 7.12 Å². The molecule has 6 nitrogen and oxygen atoms in total. The van der Waals surface area contributed by atoms with Crippen LogP contribution in [0.15, 0.2) is 292 Å². The Bertz CT molecular complexity index is 5780. The van der Waals surface area contributed by atoms with E-state index in [0.717, 1.165) is 49.5 Å². The van der Waals surface area contributed by atoms with Crippen LogP contribution in [0.4, 0.5) is 0 Å². The van der Waals surface area contributed by atoms with Crippen molar-refractivity contribution in [1.82, 2.24) is 19.9 Å². The first kappa shape index (κ1) is 55.3. The Morgan fingerprint density at radius 3 is 1.10 bits per heavy atom. The van der Waals surface area contributed by atoms with Gasteiger partial charge in [-0.05, 0) is 154 Å². The van der Waals surface area contributed by atoms with Crippen LogP contribution in [0.5, 0.6) is 0 Å². The average molecular weight is 1300 g/mol. The van der Waals surface area contributed by atoms with Crippen LogP contribution in [0.3, 0.4) is 0 Å². The van der Waals surface area contributed by atoms with Crippen molar-refractivity contribution in [2.24, 2.45) is 0 Å². The van der Waals surface area contributed by atoms with E-state index in [-0.39, 0.29) is 0 Å². The Morgan fingerprint density at radius 1 is 0.267 bits per heavy atom. The maximum Gasteiger partial charge on any atom is 0.488 e. The van der Waals surface area contributed by atoms with Crippen molar-refractivity contribution in [3.8, 4) is 55.6 Å². The second kappa shape index (κ2) is 23.5. The van der Waals surface area contributed by atoms with Gasteiger partial charge in [0, 0.05) is 90.2 Å². The fourth-order valence-electron chi connectivity index (χ4n) is 12.9. The first-order valence-corrected chi connectivity index (χ1v) is 32.4. The Labute approximate surface area is 540 Å². The van der Waals surface area contributed by atoms with E-state index in [0.29, 0.717) is 5.46 Å². The molecular formula is C80H50BIN4O2S2. The van der Waals surface area contributed by atoms with Crippen LogP contribution in [-0.4, -0.2) is 37.1 Å². The largest absolute Gasteiger partial charge is 0.488 e. The lowest BCUT2D eigenvalue weighted by atomic mass is 9.79. The first-order chi connectivity index (χ1) is 44.4. The molecule has 18 rings (SSSR count). The van der Waals surface area contributed by atoms with Crippen molar-refractivity contribution in [1.29, 1.82) is 0 Å². The summed E-state index contributed by atoms with van der Waals surface area (Å²) in [5, 5.41) is 33.7. The second-order valence-electron chi connectivity index (χ2n) is 22.4. The van der Waals surface area contributed by atoms with Gasteiger partial charge >= 0.3 is 7.12 Å². The maximum absolute atomic E-state index is 9.47. The van der Waals surface area contributed by atoms with Gasteiger partial charge in [-0.15, -0.1) is 22.7 Å². The number of benzene rings is 14. The minimum Gasteiger partial charge on any atom is -0.423 e. The van der Waals surface area contributed by atoms with Gasteiger partial charge in [-0.2, -0.15) is 0 Å². The van der Waals surface area contributed by atoms with Gasteiger partial charge in [-0.1, -0.05) is 218 Å².